The number of thiophene rings is 1. The van der Waals surface area contributed by atoms with Gasteiger partial charge in [-0.3, -0.25) is 14.2 Å². The first-order valence-corrected chi connectivity index (χ1v) is 8.25. The molecular weight excluding hydrogens is 308 g/mol. The average Bonchev–Trinajstić information content (AvgIpc) is 2.77. The van der Waals surface area contributed by atoms with Gasteiger partial charge in [0.15, 0.2) is 5.78 Å². The molecule has 0 spiro atoms. The van der Waals surface area contributed by atoms with Gasteiger partial charge in [0.2, 0.25) is 0 Å². The van der Waals surface area contributed by atoms with Crippen molar-refractivity contribution in [2.75, 3.05) is 0 Å². The van der Waals surface area contributed by atoms with Crippen LogP contribution in [0.4, 0.5) is 0 Å². The number of carbonyl (C=O) groups is 1. The van der Waals surface area contributed by atoms with Gasteiger partial charge in [0, 0.05) is 10.4 Å². The first kappa shape index (κ1) is 15.6. The second kappa shape index (κ2) is 5.74. The van der Waals surface area contributed by atoms with Gasteiger partial charge in [-0.2, -0.15) is 0 Å². The predicted octanol–water partition coefficient (Wildman–Crippen LogP) is 3.57. The SMILES string of the molecule is Cc1ccc(C(=O)Cn2cnc3sc(C)c(C)c3c2=O)c(C)c1. The molecule has 5 heteroatoms. The van der Waals surface area contributed by atoms with Gasteiger partial charge in [-0.1, -0.05) is 23.8 Å². The molecule has 0 radical (unpaired) electrons. The van der Waals surface area contributed by atoms with Crippen molar-refractivity contribution in [2.24, 2.45) is 0 Å². The number of ketones is 1. The van der Waals surface area contributed by atoms with Crippen LogP contribution in [0.15, 0.2) is 29.3 Å². The topological polar surface area (TPSA) is 52.0 Å². The third-order valence-corrected chi connectivity index (χ3v) is 5.27. The molecule has 0 atom stereocenters. The molecule has 0 N–H and O–H groups in total. The zero-order chi connectivity index (χ0) is 16.7. The van der Waals surface area contributed by atoms with E-state index >= 15 is 0 Å². The van der Waals surface area contributed by atoms with Crippen molar-refractivity contribution in [2.45, 2.75) is 34.2 Å². The van der Waals surface area contributed by atoms with Gasteiger partial charge in [-0.15, -0.1) is 11.3 Å². The fraction of sp³-hybridized carbons (Fsp3) is 0.278. The molecule has 3 rings (SSSR count). The molecule has 0 aliphatic heterocycles. The third kappa shape index (κ3) is 2.72. The Morgan fingerprint density at radius 3 is 2.65 bits per heavy atom. The van der Waals surface area contributed by atoms with Gasteiger partial charge in [0.25, 0.3) is 5.56 Å². The number of Topliss-reactive ketones (excluding diaryl/α,β-unsaturated/α-hetero) is 1. The quantitative estimate of drug-likeness (QED) is 0.691. The molecule has 1 aromatic carbocycles. The highest BCUT2D eigenvalue weighted by Gasteiger charge is 2.15. The summed E-state index contributed by atoms with van der Waals surface area (Å²) in [5, 5.41) is 0.628. The minimum Gasteiger partial charge on any atom is -0.292 e. The summed E-state index contributed by atoms with van der Waals surface area (Å²) in [4.78, 5) is 31.3. The van der Waals surface area contributed by atoms with Gasteiger partial charge >= 0.3 is 0 Å². The molecule has 3 aromatic rings. The molecule has 0 saturated carbocycles. The smallest absolute Gasteiger partial charge is 0.262 e. The molecule has 0 fully saturated rings. The van der Waals surface area contributed by atoms with E-state index in [4.69, 9.17) is 0 Å². The second-order valence-corrected chi connectivity index (χ2v) is 7.09. The van der Waals surface area contributed by atoms with E-state index in [-0.39, 0.29) is 17.9 Å². The van der Waals surface area contributed by atoms with E-state index < -0.39 is 0 Å². The Hall–Kier alpha value is -2.27. The number of nitrogens with zero attached hydrogens (tertiary/aromatic N) is 2. The molecule has 0 bridgehead atoms. The molecule has 0 aliphatic carbocycles. The highest BCUT2D eigenvalue weighted by Crippen LogP contribution is 2.25. The Bertz CT molecular complexity index is 983. The average molecular weight is 326 g/mol. The van der Waals surface area contributed by atoms with Crippen molar-refractivity contribution < 1.29 is 4.79 Å². The van der Waals surface area contributed by atoms with Crippen molar-refractivity contribution in [3.05, 3.63) is 62.0 Å². The summed E-state index contributed by atoms with van der Waals surface area (Å²) in [5.74, 6) is -0.0737. The van der Waals surface area contributed by atoms with Gasteiger partial charge in [-0.05, 0) is 38.8 Å². The Morgan fingerprint density at radius 2 is 1.96 bits per heavy atom. The summed E-state index contributed by atoms with van der Waals surface area (Å²) in [6, 6.07) is 5.71. The van der Waals surface area contributed by atoms with Gasteiger partial charge in [0.05, 0.1) is 18.3 Å². The Balaban J connectivity index is 2.01. The lowest BCUT2D eigenvalue weighted by Gasteiger charge is -2.08. The molecule has 0 unspecified atom stereocenters. The van der Waals surface area contributed by atoms with Crippen LogP contribution < -0.4 is 5.56 Å². The van der Waals surface area contributed by atoms with Crippen molar-refractivity contribution in [3.63, 3.8) is 0 Å². The van der Waals surface area contributed by atoms with Crippen LogP contribution in [-0.2, 0) is 6.54 Å². The van der Waals surface area contributed by atoms with Crippen molar-refractivity contribution in [1.82, 2.24) is 9.55 Å². The number of aryl methyl sites for hydroxylation is 4. The zero-order valence-corrected chi connectivity index (χ0v) is 14.5. The molecular formula is C18H18N2O2S. The van der Waals surface area contributed by atoms with Crippen LogP contribution in [0.5, 0.6) is 0 Å². The molecule has 23 heavy (non-hydrogen) atoms. The van der Waals surface area contributed by atoms with Crippen LogP contribution >= 0.6 is 11.3 Å². The van der Waals surface area contributed by atoms with Crippen LogP contribution in [0.1, 0.15) is 31.9 Å². The Morgan fingerprint density at radius 1 is 1.22 bits per heavy atom. The predicted molar refractivity (Wildman–Crippen MR) is 93.6 cm³/mol. The summed E-state index contributed by atoms with van der Waals surface area (Å²) in [7, 11) is 0. The van der Waals surface area contributed by atoms with Gasteiger partial charge in [0.1, 0.15) is 4.83 Å². The maximum Gasteiger partial charge on any atom is 0.262 e. The highest BCUT2D eigenvalue weighted by atomic mass is 32.1. The van der Waals surface area contributed by atoms with E-state index in [0.29, 0.717) is 10.9 Å². The van der Waals surface area contributed by atoms with Crippen molar-refractivity contribution >= 4 is 27.3 Å². The lowest BCUT2D eigenvalue weighted by Crippen LogP contribution is -2.25. The minimum absolute atomic E-state index is 0.0139. The monoisotopic (exact) mass is 326 g/mol. The molecule has 2 heterocycles. The zero-order valence-electron chi connectivity index (χ0n) is 13.6. The summed E-state index contributed by atoms with van der Waals surface area (Å²) in [5.41, 5.74) is 3.51. The maximum absolute atomic E-state index is 12.6. The molecule has 0 aliphatic rings. The molecule has 118 valence electrons. The molecule has 4 nitrogen and oxygen atoms in total. The largest absolute Gasteiger partial charge is 0.292 e. The number of aromatic nitrogens is 2. The van der Waals surface area contributed by atoms with Crippen molar-refractivity contribution in [1.29, 1.82) is 0 Å². The van der Waals surface area contributed by atoms with Crippen LogP contribution in [0, 0.1) is 27.7 Å². The van der Waals surface area contributed by atoms with Crippen LogP contribution in [0.2, 0.25) is 0 Å². The maximum atomic E-state index is 12.6. The third-order valence-electron chi connectivity index (χ3n) is 4.15. The number of carbonyl (C=O) groups excluding carboxylic acids is 1. The lowest BCUT2D eigenvalue weighted by molar-refractivity contribution is 0.0970. The van der Waals surface area contributed by atoms with E-state index in [1.54, 1.807) is 0 Å². The molecule has 0 saturated heterocycles. The van der Waals surface area contributed by atoms with E-state index in [0.717, 1.165) is 26.4 Å². The number of hydrogen-bond donors (Lipinski definition) is 0. The van der Waals surface area contributed by atoms with E-state index in [1.165, 1.54) is 22.2 Å². The first-order chi connectivity index (χ1) is 10.9. The lowest BCUT2D eigenvalue weighted by atomic mass is 10.0. The first-order valence-electron chi connectivity index (χ1n) is 7.44. The standard InChI is InChI=1S/C18H18N2O2S/c1-10-5-6-14(11(2)7-10)15(21)8-20-9-19-17-16(18(20)22)12(3)13(4)23-17/h5-7,9H,8H2,1-4H3. The highest BCUT2D eigenvalue weighted by molar-refractivity contribution is 7.18. The number of hydrogen-bond acceptors (Lipinski definition) is 4. The molecule has 0 amide bonds. The Labute approximate surface area is 138 Å². The minimum atomic E-state index is -0.144. The van der Waals surface area contributed by atoms with Gasteiger partial charge < -0.3 is 0 Å². The normalized spacial score (nSPS) is 11.1. The number of fused-ring (bicyclic) bond motifs is 1. The van der Waals surface area contributed by atoms with E-state index in [1.807, 2.05) is 45.9 Å². The number of rotatable bonds is 3. The number of benzene rings is 1. The van der Waals surface area contributed by atoms with E-state index in [9.17, 15) is 9.59 Å². The Kier molecular flexibility index (Phi) is 3.90. The fourth-order valence-electron chi connectivity index (χ4n) is 2.75. The summed E-state index contributed by atoms with van der Waals surface area (Å²) in [6.45, 7) is 7.82. The van der Waals surface area contributed by atoms with E-state index in [2.05, 4.69) is 4.98 Å². The fourth-order valence-corrected chi connectivity index (χ4v) is 3.74. The van der Waals surface area contributed by atoms with Crippen LogP contribution in [0.25, 0.3) is 10.2 Å². The summed E-state index contributed by atoms with van der Waals surface area (Å²) in [6.07, 6.45) is 1.47. The molecule has 2 aromatic heterocycles. The summed E-state index contributed by atoms with van der Waals surface area (Å²) < 4.78 is 1.41. The summed E-state index contributed by atoms with van der Waals surface area (Å²) >= 11 is 1.51. The van der Waals surface area contributed by atoms with Crippen LogP contribution in [0.3, 0.4) is 0 Å². The second-order valence-electron chi connectivity index (χ2n) is 5.88. The van der Waals surface area contributed by atoms with Gasteiger partial charge in [-0.25, -0.2) is 4.98 Å². The van der Waals surface area contributed by atoms with Crippen molar-refractivity contribution in [3.8, 4) is 0 Å². The van der Waals surface area contributed by atoms with Crippen LogP contribution in [-0.4, -0.2) is 15.3 Å².